The van der Waals surface area contributed by atoms with E-state index in [1.165, 1.54) is 19.3 Å². The van der Waals surface area contributed by atoms with Crippen molar-refractivity contribution in [1.82, 2.24) is 5.32 Å². The highest BCUT2D eigenvalue weighted by atomic mass is 16.4. The number of nitrogens with zero attached hydrogens (tertiary/aromatic N) is 1. The van der Waals surface area contributed by atoms with E-state index in [1.54, 1.807) is 0 Å². The Morgan fingerprint density at radius 2 is 2.07 bits per heavy atom. The molecule has 1 aliphatic rings. The van der Waals surface area contributed by atoms with Crippen LogP contribution in [0.5, 0.6) is 0 Å². The second-order valence-corrected chi connectivity index (χ2v) is 3.77. The Morgan fingerprint density at radius 1 is 1.29 bits per heavy atom. The van der Waals surface area contributed by atoms with Gasteiger partial charge in [0.05, 0.1) is 12.3 Å². The third-order valence-corrected chi connectivity index (χ3v) is 2.71. The van der Waals surface area contributed by atoms with E-state index in [4.69, 9.17) is 10.3 Å². The van der Waals surface area contributed by atoms with Crippen molar-refractivity contribution in [2.45, 2.75) is 44.6 Å². The van der Waals surface area contributed by atoms with E-state index < -0.39 is 0 Å². The van der Waals surface area contributed by atoms with Crippen LogP contribution in [0.1, 0.15) is 38.5 Å². The minimum Gasteiger partial charge on any atom is -0.411 e. The van der Waals surface area contributed by atoms with Gasteiger partial charge in [-0.05, 0) is 19.3 Å². The van der Waals surface area contributed by atoms with Gasteiger partial charge in [-0.3, -0.25) is 0 Å². The van der Waals surface area contributed by atoms with Gasteiger partial charge in [0.1, 0.15) is 0 Å². The minimum atomic E-state index is 0.134. The number of nitrogens with one attached hydrogen (secondary N) is 1. The van der Waals surface area contributed by atoms with Gasteiger partial charge in [0.15, 0.2) is 0 Å². The SMILES string of the molecule is OCCNC1CCCCCCC1=NO. The first kappa shape index (κ1) is 11.5. The molecule has 0 heterocycles. The monoisotopic (exact) mass is 200 g/mol. The molecule has 1 rings (SSSR count). The molecule has 4 nitrogen and oxygen atoms in total. The van der Waals surface area contributed by atoms with Crippen LogP contribution >= 0.6 is 0 Å². The number of aliphatic hydroxyl groups excluding tert-OH is 1. The van der Waals surface area contributed by atoms with E-state index in [-0.39, 0.29) is 12.6 Å². The summed E-state index contributed by atoms with van der Waals surface area (Å²) in [6.45, 7) is 0.707. The van der Waals surface area contributed by atoms with Crippen LogP contribution in [0.3, 0.4) is 0 Å². The van der Waals surface area contributed by atoms with Gasteiger partial charge in [-0.1, -0.05) is 24.4 Å². The number of hydrogen-bond donors (Lipinski definition) is 3. The lowest BCUT2D eigenvalue weighted by Crippen LogP contribution is -2.39. The van der Waals surface area contributed by atoms with E-state index in [2.05, 4.69) is 10.5 Å². The Labute approximate surface area is 85.0 Å². The molecule has 1 aliphatic carbocycles. The Bertz CT molecular complexity index is 181. The first-order valence-corrected chi connectivity index (χ1v) is 5.43. The fourth-order valence-electron chi connectivity index (χ4n) is 1.93. The standard InChI is InChI=1S/C10H20N2O2/c13-8-7-11-9-5-3-1-2-4-6-10(9)12-14/h9,11,13-14H,1-8H2. The molecule has 3 N–H and O–H groups in total. The lowest BCUT2D eigenvalue weighted by atomic mass is 9.95. The smallest absolute Gasteiger partial charge is 0.0739 e. The molecule has 0 aliphatic heterocycles. The third-order valence-electron chi connectivity index (χ3n) is 2.71. The van der Waals surface area contributed by atoms with Crippen molar-refractivity contribution in [3.05, 3.63) is 0 Å². The first-order valence-electron chi connectivity index (χ1n) is 5.43. The van der Waals surface area contributed by atoms with Crippen molar-refractivity contribution in [3.8, 4) is 0 Å². The molecular weight excluding hydrogens is 180 g/mol. The van der Waals surface area contributed by atoms with Crippen LogP contribution in [0.4, 0.5) is 0 Å². The zero-order valence-electron chi connectivity index (χ0n) is 8.58. The molecule has 1 saturated carbocycles. The molecule has 4 heteroatoms. The van der Waals surface area contributed by atoms with Crippen LogP contribution in [-0.4, -0.2) is 35.2 Å². The minimum absolute atomic E-state index is 0.134. The summed E-state index contributed by atoms with van der Waals surface area (Å²) in [7, 11) is 0. The zero-order chi connectivity index (χ0) is 10.2. The van der Waals surface area contributed by atoms with Gasteiger partial charge in [-0.15, -0.1) is 0 Å². The number of rotatable bonds is 3. The second-order valence-electron chi connectivity index (χ2n) is 3.77. The summed E-state index contributed by atoms with van der Waals surface area (Å²) in [5, 5.41) is 24.1. The molecule has 1 fully saturated rings. The van der Waals surface area contributed by atoms with E-state index in [1.807, 2.05) is 0 Å². The quantitative estimate of drug-likeness (QED) is 0.472. The first-order chi connectivity index (χ1) is 6.88. The summed E-state index contributed by atoms with van der Waals surface area (Å²) in [6.07, 6.45) is 6.65. The van der Waals surface area contributed by atoms with Gasteiger partial charge >= 0.3 is 0 Å². The molecule has 0 amide bonds. The van der Waals surface area contributed by atoms with E-state index >= 15 is 0 Å². The van der Waals surface area contributed by atoms with Crippen molar-refractivity contribution in [3.63, 3.8) is 0 Å². The van der Waals surface area contributed by atoms with Crippen LogP contribution in [0.2, 0.25) is 0 Å². The van der Waals surface area contributed by atoms with E-state index in [9.17, 15) is 0 Å². The molecule has 82 valence electrons. The van der Waals surface area contributed by atoms with Gasteiger partial charge in [0, 0.05) is 12.6 Å². The average Bonchev–Trinajstić information content (AvgIpc) is 2.17. The van der Waals surface area contributed by atoms with Gasteiger partial charge in [0.2, 0.25) is 0 Å². The Hall–Kier alpha value is -0.610. The Morgan fingerprint density at radius 3 is 2.79 bits per heavy atom. The molecule has 0 spiro atoms. The maximum absolute atomic E-state index is 8.86. The number of aliphatic hydroxyl groups is 1. The van der Waals surface area contributed by atoms with Crippen LogP contribution in [0, 0.1) is 0 Å². The van der Waals surface area contributed by atoms with Crippen molar-refractivity contribution in [1.29, 1.82) is 0 Å². The normalized spacial score (nSPS) is 27.2. The molecule has 0 bridgehead atoms. The van der Waals surface area contributed by atoms with Crippen molar-refractivity contribution < 1.29 is 10.3 Å². The summed E-state index contributed by atoms with van der Waals surface area (Å²) < 4.78 is 0. The topological polar surface area (TPSA) is 64.8 Å². The predicted octanol–water partition coefficient (Wildman–Crippen LogP) is 1.12. The Balaban J connectivity index is 2.46. The van der Waals surface area contributed by atoms with Crippen LogP contribution in [-0.2, 0) is 0 Å². The molecule has 1 atom stereocenters. The van der Waals surface area contributed by atoms with Crippen LogP contribution in [0.25, 0.3) is 0 Å². The molecular formula is C10H20N2O2. The largest absolute Gasteiger partial charge is 0.411 e. The van der Waals surface area contributed by atoms with Crippen LogP contribution in [0.15, 0.2) is 5.16 Å². The van der Waals surface area contributed by atoms with E-state index in [0.29, 0.717) is 6.54 Å². The molecule has 0 aromatic rings. The average molecular weight is 200 g/mol. The van der Waals surface area contributed by atoms with Gasteiger partial charge < -0.3 is 15.6 Å². The van der Waals surface area contributed by atoms with Gasteiger partial charge in [-0.2, -0.15) is 0 Å². The van der Waals surface area contributed by atoms with Gasteiger partial charge in [-0.25, -0.2) is 0 Å². The summed E-state index contributed by atoms with van der Waals surface area (Å²) in [6, 6.07) is 0.160. The number of hydrogen-bond acceptors (Lipinski definition) is 4. The van der Waals surface area contributed by atoms with Crippen molar-refractivity contribution in [2.75, 3.05) is 13.2 Å². The number of oxime groups is 1. The highest BCUT2D eigenvalue weighted by molar-refractivity contribution is 5.89. The maximum atomic E-state index is 8.86. The molecule has 0 aromatic carbocycles. The summed E-state index contributed by atoms with van der Waals surface area (Å²) in [5.41, 5.74) is 0.846. The maximum Gasteiger partial charge on any atom is 0.0739 e. The molecule has 0 aromatic heterocycles. The van der Waals surface area contributed by atoms with E-state index in [0.717, 1.165) is 25.0 Å². The Kier molecular flexibility index (Phi) is 5.56. The fourth-order valence-corrected chi connectivity index (χ4v) is 1.93. The third kappa shape index (κ3) is 3.64. The fraction of sp³-hybridized carbons (Fsp3) is 0.900. The molecule has 1 unspecified atom stereocenters. The van der Waals surface area contributed by atoms with Gasteiger partial charge in [0.25, 0.3) is 0 Å². The summed E-state index contributed by atoms with van der Waals surface area (Å²) >= 11 is 0. The molecule has 0 radical (unpaired) electrons. The highest BCUT2D eigenvalue weighted by Crippen LogP contribution is 2.15. The zero-order valence-corrected chi connectivity index (χ0v) is 8.58. The lowest BCUT2D eigenvalue weighted by Gasteiger charge is -2.21. The predicted molar refractivity (Wildman–Crippen MR) is 55.8 cm³/mol. The summed E-state index contributed by atoms with van der Waals surface area (Å²) in [4.78, 5) is 0. The van der Waals surface area contributed by atoms with Crippen LogP contribution < -0.4 is 5.32 Å². The summed E-state index contributed by atoms with van der Waals surface area (Å²) in [5.74, 6) is 0. The molecule has 0 saturated heterocycles. The molecule has 14 heavy (non-hydrogen) atoms. The second kappa shape index (κ2) is 6.79. The van der Waals surface area contributed by atoms with Crippen molar-refractivity contribution in [2.24, 2.45) is 5.16 Å². The highest BCUT2D eigenvalue weighted by Gasteiger charge is 2.17. The van der Waals surface area contributed by atoms with Crippen molar-refractivity contribution >= 4 is 5.71 Å². The lowest BCUT2D eigenvalue weighted by molar-refractivity contribution is 0.283.